The highest BCUT2D eigenvalue weighted by Gasteiger charge is 2.27. The number of benzene rings is 2. The highest BCUT2D eigenvalue weighted by atomic mass is 79.9. The Kier molecular flexibility index (Phi) is 4.52. The van der Waals surface area contributed by atoms with Crippen LogP contribution in [-0.2, 0) is 10.0 Å². The fourth-order valence-corrected chi connectivity index (χ4v) is 3.74. The van der Waals surface area contributed by atoms with Crippen molar-refractivity contribution in [2.45, 2.75) is 18.7 Å². The monoisotopic (exact) mass is 384 g/mol. The molecule has 0 aliphatic rings. The molecule has 0 aliphatic heterocycles. The van der Waals surface area contributed by atoms with Crippen molar-refractivity contribution in [3.63, 3.8) is 0 Å². The smallest absolute Gasteiger partial charge is 0.279 e. The topological polar surface area (TPSA) is 89.3 Å². The second-order valence-corrected chi connectivity index (χ2v) is 7.22. The summed E-state index contributed by atoms with van der Waals surface area (Å²) >= 11 is 3.33. The Hall–Kier alpha value is -1.93. The van der Waals surface area contributed by atoms with E-state index >= 15 is 0 Å². The van der Waals surface area contributed by atoms with Crippen molar-refractivity contribution in [3.05, 3.63) is 62.1 Å². The van der Waals surface area contributed by atoms with Gasteiger partial charge in [-0.1, -0.05) is 28.1 Å². The summed E-state index contributed by atoms with van der Waals surface area (Å²) in [4.78, 5) is 10.1. The Bertz CT molecular complexity index is 850. The molecular weight excluding hydrogens is 372 g/mol. The summed E-state index contributed by atoms with van der Waals surface area (Å²) in [6, 6.07) is 9.09. The summed E-state index contributed by atoms with van der Waals surface area (Å²) in [6.07, 6.45) is 0. The van der Waals surface area contributed by atoms with Gasteiger partial charge in [0, 0.05) is 16.2 Å². The molecule has 8 heteroatoms. The van der Waals surface area contributed by atoms with Crippen molar-refractivity contribution in [1.29, 1.82) is 0 Å². The van der Waals surface area contributed by atoms with E-state index in [-0.39, 0.29) is 4.90 Å². The van der Waals surface area contributed by atoms with Gasteiger partial charge < -0.3 is 0 Å². The van der Waals surface area contributed by atoms with Gasteiger partial charge in [0.05, 0.1) is 4.92 Å². The van der Waals surface area contributed by atoms with Crippen LogP contribution in [0.3, 0.4) is 0 Å². The number of halogens is 1. The van der Waals surface area contributed by atoms with Crippen molar-refractivity contribution < 1.29 is 13.3 Å². The van der Waals surface area contributed by atoms with Crippen LogP contribution < -0.4 is 4.72 Å². The standard InChI is InChI=1S/C14H13BrN2O4S/c1-9-4-3-5-13(17(18)19)14(9)22(20,21)16-11-6-7-12(15)10(2)8-11/h3-8,16H,1-2H3. The largest absolute Gasteiger partial charge is 0.290 e. The molecule has 0 unspecified atom stereocenters. The first-order chi connectivity index (χ1) is 10.2. The first-order valence-electron chi connectivity index (χ1n) is 6.25. The van der Waals surface area contributed by atoms with Crippen LogP contribution in [0.15, 0.2) is 45.8 Å². The molecule has 1 N–H and O–H groups in total. The van der Waals surface area contributed by atoms with Crippen LogP contribution in [0, 0.1) is 24.0 Å². The number of nitrogens with zero attached hydrogens (tertiary/aromatic N) is 1. The molecule has 2 aromatic rings. The average molecular weight is 385 g/mol. The molecule has 0 bridgehead atoms. The zero-order valence-electron chi connectivity index (χ0n) is 11.8. The lowest BCUT2D eigenvalue weighted by molar-refractivity contribution is -0.387. The molecule has 0 aliphatic carbocycles. The van der Waals surface area contributed by atoms with Gasteiger partial charge in [-0.3, -0.25) is 14.8 Å². The molecule has 0 spiro atoms. The highest BCUT2D eigenvalue weighted by molar-refractivity contribution is 9.10. The Morgan fingerprint density at radius 3 is 2.41 bits per heavy atom. The zero-order chi connectivity index (χ0) is 16.5. The van der Waals surface area contributed by atoms with Gasteiger partial charge in [0.15, 0.2) is 4.90 Å². The van der Waals surface area contributed by atoms with Crippen molar-refractivity contribution in [3.8, 4) is 0 Å². The van der Waals surface area contributed by atoms with Gasteiger partial charge in [-0.05, 0) is 43.2 Å². The van der Waals surface area contributed by atoms with Gasteiger partial charge in [0.25, 0.3) is 15.7 Å². The number of sulfonamides is 1. The minimum absolute atomic E-state index is 0.315. The van der Waals surface area contributed by atoms with Gasteiger partial charge in [-0.25, -0.2) is 8.42 Å². The third-order valence-corrected chi connectivity index (χ3v) is 5.53. The number of nitro benzene ring substituents is 1. The number of aryl methyl sites for hydroxylation is 2. The molecule has 0 amide bonds. The Labute approximate surface area is 136 Å². The number of nitro groups is 1. The molecule has 2 aromatic carbocycles. The van der Waals surface area contributed by atoms with Crippen molar-refractivity contribution in [1.82, 2.24) is 0 Å². The molecule has 0 atom stereocenters. The van der Waals surface area contributed by atoms with Crippen LogP contribution in [0.25, 0.3) is 0 Å². The summed E-state index contributed by atoms with van der Waals surface area (Å²) in [5.74, 6) is 0. The SMILES string of the molecule is Cc1cc(NS(=O)(=O)c2c(C)cccc2[N+](=O)[O-])ccc1Br. The van der Waals surface area contributed by atoms with Gasteiger partial charge in [0.1, 0.15) is 0 Å². The van der Waals surface area contributed by atoms with E-state index in [4.69, 9.17) is 0 Å². The molecule has 22 heavy (non-hydrogen) atoms. The molecule has 2 rings (SSSR count). The Balaban J connectivity index is 2.51. The van der Waals surface area contributed by atoms with E-state index < -0.39 is 20.6 Å². The summed E-state index contributed by atoms with van der Waals surface area (Å²) < 4.78 is 28.3. The number of nitrogens with one attached hydrogen (secondary N) is 1. The summed E-state index contributed by atoms with van der Waals surface area (Å²) in [5.41, 5.74) is 1.06. The van der Waals surface area contributed by atoms with E-state index in [0.717, 1.165) is 10.0 Å². The highest BCUT2D eigenvalue weighted by Crippen LogP contribution is 2.29. The van der Waals surface area contributed by atoms with Crippen molar-refractivity contribution in [2.75, 3.05) is 4.72 Å². The minimum Gasteiger partial charge on any atom is -0.279 e. The predicted octanol–water partition coefficient (Wildman–Crippen LogP) is 3.77. The Morgan fingerprint density at radius 1 is 1.14 bits per heavy atom. The van der Waals surface area contributed by atoms with Crippen LogP contribution >= 0.6 is 15.9 Å². The molecule has 0 saturated carbocycles. The normalized spacial score (nSPS) is 11.2. The number of hydrogen-bond donors (Lipinski definition) is 1. The number of anilines is 1. The van der Waals surface area contributed by atoms with E-state index in [1.165, 1.54) is 25.1 Å². The first-order valence-corrected chi connectivity index (χ1v) is 8.53. The van der Waals surface area contributed by atoms with Crippen LogP contribution in [0.1, 0.15) is 11.1 Å². The lowest BCUT2D eigenvalue weighted by atomic mass is 10.2. The molecule has 6 nitrogen and oxygen atoms in total. The molecule has 0 radical (unpaired) electrons. The molecule has 0 fully saturated rings. The summed E-state index contributed by atoms with van der Waals surface area (Å²) in [6.45, 7) is 3.34. The maximum absolute atomic E-state index is 12.5. The zero-order valence-corrected chi connectivity index (χ0v) is 14.2. The van der Waals surface area contributed by atoms with Crippen LogP contribution in [-0.4, -0.2) is 13.3 Å². The van der Waals surface area contributed by atoms with E-state index in [0.29, 0.717) is 11.3 Å². The molecule has 0 saturated heterocycles. The molecule has 116 valence electrons. The van der Waals surface area contributed by atoms with Gasteiger partial charge in [-0.2, -0.15) is 0 Å². The van der Waals surface area contributed by atoms with E-state index in [1.807, 2.05) is 6.92 Å². The fraction of sp³-hybridized carbons (Fsp3) is 0.143. The van der Waals surface area contributed by atoms with Gasteiger partial charge in [-0.15, -0.1) is 0 Å². The Morgan fingerprint density at radius 2 is 1.82 bits per heavy atom. The van der Waals surface area contributed by atoms with E-state index in [2.05, 4.69) is 20.7 Å². The van der Waals surface area contributed by atoms with Crippen LogP contribution in [0.2, 0.25) is 0 Å². The molecular formula is C14H13BrN2O4S. The minimum atomic E-state index is -4.06. The van der Waals surface area contributed by atoms with E-state index in [1.54, 1.807) is 18.2 Å². The lowest BCUT2D eigenvalue weighted by Crippen LogP contribution is -2.16. The van der Waals surface area contributed by atoms with Crippen molar-refractivity contribution in [2.24, 2.45) is 0 Å². The third-order valence-electron chi connectivity index (χ3n) is 3.07. The number of rotatable bonds is 4. The maximum Gasteiger partial charge on any atom is 0.290 e. The van der Waals surface area contributed by atoms with E-state index in [9.17, 15) is 18.5 Å². The second kappa shape index (κ2) is 6.05. The fourth-order valence-electron chi connectivity index (χ4n) is 2.04. The molecule has 0 heterocycles. The van der Waals surface area contributed by atoms with Gasteiger partial charge in [0.2, 0.25) is 0 Å². The quantitative estimate of drug-likeness (QED) is 0.641. The second-order valence-electron chi connectivity index (χ2n) is 4.75. The average Bonchev–Trinajstić information content (AvgIpc) is 2.42. The lowest BCUT2D eigenvalue weighted by Gasteiger charge is -2.11. The first kappa shape index (κ1) is 16.4. The summed E-state index contributed by atoms with van der Waals surface area (Å²) in [5, 5.41) is 11.1. The molecule has 0 aromatic heterocycles. The van der Waals surface area contributed by atoms with Crippen LogP contribution in [0.5, 0.6) is 0 Å². The third kappa shape index (κ3) is 3.28. The van der Waals surface area contributed by atoms with Gasteiger partial charge >= 0.3 is 0 Å². The van der Waals surface area contributed by atoms with Crippen molar-refractivity contribution >= 4 is 37.3 Å². The maximum atomic E-state index is 12.5. The number of hydrogen-bond acceptors (Lipinski definition) is 4. The summed E-state index contributed by atoms with van der Waals surface area (Å²) in [7, 11) is -4.06. The predicted molar refractivity (Wildman–Crippen MR) is 87.5 cm³/mol. The van der Waals surface area contributed by atoms with Crippen LogP contribution in [0.4, 0.5) is 11.4 Å².